The molecule has 2 heterocycles. The first kappa shape index (κ1) is 15.9. The van der Waals surface area contributed by atoms with Crippen molar-refractivity contribution in [1.82, 2.24) is 0 Å². The summed E-state index contributed by atoms with van der Waals surface area (Å²) in [6.45, 7) is 0. The van der Waals surface area contributed by atoms with Crippen LogP contribution in [0.25, 0.3) is 5.70 Å². The summed E-state index contributed by atoms with van der Waals surface area (Å²) < 4.78 is 5.48. The molecule has 132 valence electrons. The van der Waals surface area contributed by atoms with Gasteiger partial charge < -0.3 is 9.73 Å². The van der Waals surface area contributed by atoms with Crippen molar-refractivity contribution >= 4 is 34.8 Å². The number of hydrogen-bond acceptors (Lipinski definition) is 6. The lowest BCUT2D eigenvalue weighted by molar-refractivity contribution is -0.402. The molecule has 1 aromatic heterocycles. The Morgan fingerprint density at radius 2 is 1.74 bits per heavy atom. The highest BCUT2D eigenvalue weighted by Crippen LogP contribution is 2.52. The zero-order chi connectivity index (χ0) is 18.5. The summed E-state index contributed by atoms with van der Waals surface area (Å²) in [6.07, 6.45) is 0. The monoisotopic (exact) mass is 376 g/mol. The molecule has 0 saturated heterocycles. The lowest BCUT2D eigenvalue weighted by Crippen LogP contribution is -2.07. The molecule has 1 aliphatic heterocycles. The average molecular weight is 376 g/mol. The van der Waals surface area contributed by atoms with E-state index in [9.17, 15) is 14.9 Å². The van der Waals surface area contributed by atoms with Crippen LogP contribution < -0.4 is 5.32 Å². The first-order valence-electron chi connectivity index (χ1n) is 8.28. The fourth-order valence-corrected chi connectivity index (χ4v) is 4.71. The Hall–Kier alpha value is -3.32. The van der Waals surface area contributed by atoms with Gasteiger partial charge in [0, 0.05) is 21.6 Å². The minimum atomic E-state index is -0.572. The highest BCUT2D eigenvalue weighted by Gasteiger charge is 2.39. The van der Waals surface area contributed by atoms with Crippen LogP contribution >= 0.6 is 11.8 Å². The molecule has 7 heteroatoms. The molecule has 6 nitrogen and oxygen atoms in total. The van der Waals surface area contributed by atoms with Crippen LogP contribution in [0.3, 0.4) is 0 Å². The molecule has 3 aromatic rings. The van der Waals surface area contributed by atoms with Gasteiger partial charge in [-0.05, 0) is 18.2 Å². The van der Waals surface area contributed by atoms with Gasteiger partial charge in [-0.2, -0.15) is 0 Å². The van der Waals surface area contributed by atoms with Crippen molar-refractivity contribution in [3.8, 4) is 0 Å². The van der Waals surface area contributed by atoms with Gasteiger partial charge in [0.2, 0.25) is 0 Å². The van der Waals surface area contributed by atoms with E-state index in [-0.39, 0.29) is 11.7 Å². The minimum Gasteiger partial charge on any atom is -0.404 e. The van der Waals surface area contributed by atoms with E-state index in [2.05, 4.69) is 5.32 Å². The molecule has 0 radical (unpaired) electrons. The second kappa shape index (κ2) is 5.85. The molecule has 0 spiro atoms. The fourth-order valence-electron chi connectivity index (χ4n) is 3.46. The molecule has 2 aliphatic rings. The number of nitrogens with one attached hydrogen (secondary N) is 1. The van der Waals surface area contributed by atoms with Gasteiger partial charge in [0.1, 0.15) is 10.7 Å². The number of hydrogen-bond donors (Lipinski definition) is 1. The summed E-state index contributed by atoms with van der Waals surface area (Å²) in [7, 11) is 0. The molecule has 5 rings (SSSR count). The first-order valence-corrected chi connectivity index (χ1v) is 9.16. The van der Waals surface area contributed by atoms with Gasteiger partial charge in [-0.15, -0.1) is 11.8 Å². The lowest BCUT2D eigenvalue weighted by atomic mass is 10.1. The average Bonchev–Trinajstić information content (AvgIpc) is 3.22. The van der Waals surface area contributed by atoms with E-state index < -0.39 is 10.2 Å². The summed E-state index contributed by atoms with van der Waals surface area (Å²) >= 11 is 1.45. The number of Topliss-reactive ketones (excluding diaryl/α,β-unsaturated/α-hetero) is 1. The van der Waals surface area contributed by atoms with Crippen LogP contribution in [0.5, 0.6) is 0 Å². The molecule has 1 aliphatic carbocycles. The molecular formula is C20H12N2O4S. The smallest absolute Gasteiger partial charge is 0.404 e. The van der Waals surface area contributed by atoms with Crippen LogP contribution in [0.4, 0.5) is 11.6 Å². The number of nitro groups is 1. The standard InChI is InChI=1S/C20H12N2O4S/c23-19-12-6-2-1-5-11(12)18-17(19)20(14-9-10-16(26-14)22(24)25)27-15-8-4-3-7-13(15)21-18/h1-10,20-21H. The van der Waals surface area contributed by atoms with Crippen LogP contribution in [-0.4, -0.2) is 10.7 Å². The number of benzene rings is 2. The highest BCUT2D eigenvalue weighted by atomic mass is 32.2. The Morgan fingerprint density at radius 3 is 2.52 bits per heavy atom. The molecule has 0 bridgehead atoms. The van der Waals surface area contributed by atoms with E-state index in [4.69, 9.17) is 4.42 Å². The summed E-state index contributed by atoms with van der Waals surface area (Å²) in [5.74, 6) is -0.0301. The van der Waals surface area contributed by atoms with Crippen molar-refractivity contribution in [3.63, 3.8) is 0 Å². The molecule has 1 atom stereocenters. The Bertz CT molecular complexity index is 1150. The topological polar surface area (TPSA) is 85.4 Å². The number of para-hydroxylation sites is 1. The Labute approximate surface area is 158 Å². The largest absolute Gasteiger partial charge is 0.433 e. The second-order valence-electron chi connectivity index (χ2n) is 6.22. The molecular weight excluding hydrogens is 364 g/mol. The maximum absolute atomic E-state index is 13.2. The van der Waals surface area contributed by atoms with Crippen LogP contribution in [0.2, 0.25) is 0 Å². The zero-order valence-corrected chi connectivity index (χ0v) is 14.7. The van der Waals surface area contributed by atoms with E-state index in [1.807, 2.05) is 42.5 Å². The second-order valence-corrected chi connectivity index (χ2v) is 7.36. The van der Waals surface area contributed by atoms with Gasteiger partial charge in [-0.1, -0.05) is 36.4 Å². The number of ketones is 1. The maximum Gasteiger partial charge on any atom is 0.433 e. The number of fused-ring (bicyclic) bond motifs is 3. The molecule has 2 aromatic carbocycles. The van der Waals surface area contributed by atoms with Crippen LogP contribution in [0.15, 0.2) is 75.5 Å². The van der Waals surface area contributed by atoms with Crippen molar-refractivity contribution < 1.29 is 14.1 Å². The number of nitrogens with zero attached hydrogens (tertiary/aromatic N) is 1. The molecule has 0 saturated carbocycles. The first-order chi connectivity index (χ1) is 13.1. The van der Waals surface area contributed by atoms with Crippen LogP contribution in [0.1, 0.15) is 26.9 Å². The van der Waals surface area contributed by atoms with E-state index in [1.165, 1.54) is 17.8 Å². The van der Waals surface area contributed by atoms with Crippen molar-refractivity contribution in [2.24, 2.45) is 0 Å². The van der Waals surface area contributed by atoms with Crippen LogP contribution in [-0.2, 0) is 0 Å². The molecule has 1 N–H and O–H groups in total. The Balaban J connectivity index is 1.73. The van der Waals surface area contributed by atoms with Gasteiger partial charge in [-0.3, -0.25) is 14.9 Å². The van der Waals surface area contributed by atoms with E-state index >= 15 is 0 Å². The summed E-state index contributed by atoms with van der Waals surface area (Å²) in [5.41, 5.74) is 3.64. The SMILES string of the molecule is O=C1C2=C(Nc3ccccc3SC2c2ccc([N+](=O)[O-])o2)c2ccccc21. The number of anilines is 1. The van der Waals surface area contributed by atoms with Crippen LogP contribution in [0, 0.1) is 10.1 Å². The third-order valence-electron chi connectivity index (χ3n) is 4.66. The summed E-state index contributed by atoms with van der Waals surface area (Å²) in [5, 5.41) is 14.0. The highest BCUT2D eigenvalue weighted by molar-refractivity contribution is 8.00. The number of carbonyl (C=O) groups is 1. The molecule has 27 heavy (non-hydrogen) atoms. The number of furan rings is 1. The van der Waals surface area contributed by atoms with Crippen molar-refractivity contribution in [2.75, 3.05) is 5.32 Å². The minimum absolute atomic E-state index is 0.0857. The van der Waals surface area contributed by atoms with E-state index in [0.29, 0.717) is 16.9 Å². The Morgan fingerprint density at radius 1 is 1.00 bits per heavy atom. The third-order valence-corrected chi connectivity index (χ3v) is 5.97. The molecule has 0 amide bonds. The maximum atomic E-state index is 13.2. The Kier molecular flexibility index (Phi) is 3.45. The van der Waals surface area contributed by atoms with Gasteiger partial charge in [-0.25, -0.2) is 0 Å². The number of thioether (sulfide) groups is 1. The lowest BCUT2D eigenvalue weighted by Gasteiger charge is -2.13. The molecule has 1 unspecified atom stereocenters. The van der Waals surface area contributed by atoms with Crippen molar-refractivity contribution in [1.29, 1.82) is 0 Å². The predicted molar refractivity (Wildman–Crippen MR) is 102 cm³/mol. The predicted octanol–water partition coefficient (Wildman–Crippen LogP) is 5.05. The van der Waals surface area contributed by atoms with E-state index in [1.54, 1.807) is 12.1 Å². The zero-order valence-electron chi connectivity index (χ0n) is 13.8. The fraction of sp³-hybridized carbons (Fsp3) is 0.0500. The summed E-state index contributed by atoms with van der Waals surface area (Å²) in [6, 6.07) is 18.1. The van der Waals surface area contributed by atoms with Gasteiger partial charge in [0.15, 0.2) is 5.78 Å². The van der Waals surface area contributed by atoms with E-state index in [0.717, 1.165) is 21.8 Å². The quantitative estimate of drug-likeness (QED) is 0.497. The van der Waals surface area contributed by atoms with Crippen molar-refractivity contribution in [3.05, 3.63) is 93.2 Å². The normalized spacial score (nSPS) is 17.6. The number of carbonyl (C=O) groups excluding carboxylic acids is 1. The van der Waals surface area contributed by atoms with Gasteiger partial charge in [0.05, 0.1) is 22.7 Å². The van der Waals surface area contributed by atoms with Gasteiger partial charge in [0.25, 0.3) is 0 Å². The number of rotatable bonds is 2. The van der Waals surface area contributed by atoms with Crippen molar-refractivity contribution in [2.45, 2.75) is 10.1 Å². The summed E-state index contributed by atoms with van der Waals surface area (Å²) in [4.78, 5) is 24.6. The third kappa shape index (κ3) is 2.39. The van der Waals surface area contributed by atoms with Gasteiger partial charge >= 0.3 is 5.88 Å². The molecule has 0 fully saturated rings.